The van der Waals surface area contributed by atoms with Crippen molar-refractivity contribution in [3.05, 3.63) is 35.4 Å². The standard InChI is InChI=1S/C14H17F2NO2/c15-12-2-1-10(8-13(12)16)7-11-9-18-14(19-11)3-5-17-6-4-14/h1-2,8,11,17H,3-7,9H2. The monoisotopic (exact) mass is 269 g/mol. The Morgan fingerprint density at radius 3 is 2.74 bits per heavy atom. The Kier molecular flexibility index (Phi) is 3.52. The fraction of sp³-hybridized carbons (Fsp3) is 0.571. The molecule has 5 heteroatoms. The molecule has 0 aromatic heterocycles. The highest BCUT2D eigenvalue weighted by Gasteiger charge is 2.42. The summed E-state index contributed by atoms with van der Waals surface area (Å²) >= 11 is 0. The molecule has 0 radical (unpaired) electrons. The average molecular weight is 269 g/mol. The van der Waals surface area contributed by atoms with E-state index >= 15 is 0 Å². The maximum atomic E-state index is 13.1. The Morgan fingerprint density at radius 2 is 2.00 bits per heavy atom. The number of nitrogens with one attached hydrogen (secondary N) is 1. The normalized spacial score (nSPS) is 25.9. The first-order valence-corrected chi connectivity index (χ1v) is 6.63. The second-order valence-electron chi connectivity index (χ2n) is 5.16. The molecule has 2 saturated heterocycles. The summed E-state index contributed by atoms with van der Waals surface area (Å²) in [7, 11) is 0. The highest BCUT2D eigenvalue weighted by atomic mass is 19.2. The van der Waals surface area contributed by atoms with Gasteiger partial charge in [-0.25, -0.2) is 8.78 Å². The van der Waals surface area contributed by atoms with Gasteiger partial charge in [0.1, 0.15) is 0 Å². The topological polar surface area (TPSA) is 30.5 Å². The molecule has 3 nitrogen and oxygen atoms in total. The molecular weight excluding hydrogens is 252 g/mol. The number of halogens is 2. The average Bonchev–Trinajstić information content (AvgIpc) is 2.78. The summed E-state index contributed by atoms with van der Waals surface area (Å²) in [5, 5.41) is 3.26. The Hall–Kier alpha value is -1.04. The molecule has 19 heavy (non-hydrogen) atoms. The van der Waals surface area contributed by atoms with Crippen molar-refractivity contribution in [2.45, 2.75) is 31.2 Å². The molecule has 0 amide bonds. The van der Waals surface area contributed by atoms with E-state index in [2.05, 4.69) is 5.32 Å². The lowest BCUT2D eigenvalue weighted by Gasteiger charge is -2.32. The number of benzene rings is 1. The molecule has 1 aromatic carbocycles. The van der Waals surface area contributed by atoms with Crippen LogP contribution in [-0.4, -0.2) is 31.6 Å². The molecule has 0 bridgehead atoms. The largest absolute Gasteiger partial charge is 0.347 e. The van der Waals surface area contributed by atoms with Gasteiger partial charge in [0.2, 0.25) is 0 Å². The lowest BCUT2D eigenvalue weighted by Crippen LogP contribution is -2.43. The van der Waals surface area contributed by atoms with Gasteiger partial charge in [-0.15, -0.1) is 0 Å². The number of hydrogen-bond acceptors (Lipinski definition) is 3. The van der Waals surface area contributed by atoms with Gasteiger partial charge in [0.05, 0.1) is 12.7 Å². The SMILES string of the molecule is Fc1ccc(CC2COC3(CCNCC3)O2)cc1F. The Morgan fingerprint density at radius 1 is 1.21 bits per heavy atom. The summed E-state index contributed by atoms with van der Waals surface area (Å²) in [4.78, 5) is 0. The van der Waals surface area contributed by atoms with Gasteiger partial charge in [0.25, 0.3) is 0 Å². The minimum atomic E-state index is -0.817. The highest BCUT2D eigenvalue weighted by molar-refractivity contribution is 5.18. The Balaban J connectivity index is 1.63. The molecule has 2 aliphatic heterocycles. The third-order valence-corrected chi connectivity index (χ3v) is 3.73. The maximum Gasteiger partial charge on any atom is 0.171 e. The molecule has 1 aromatic rings. The molecule has 104 valence electrons. The first kappa shape index (κ1) is 13.0. The van der Waals surface area contributed by atoms with Gasteiger partial charge in [-0.3, -0.25) is 0 Å². The van der Waals surface area contributed by atoms with Crippen LogP contribution in [0.3, 0.4) is 0 Å². The van der Waals surface area contributed by atoms with Crippen LogP contribution in [0, 0.1) is 11.6 Å². The van der Waals surface area contributed by atoms with Crippen LogP contribution in [0.25, 0.3) is 0 Å². The van der Waals surface area contributed by atoms with Crippen LogP contribution in [0.2, 0.25) is 0 Å². The predicted octanol–water partition coefficient (Wildman–Crippen LogP) is 2.00. The molecule has 1 unspecified atom stereocenters. The molecule has 2 fully saturated rings. The summed E-state index contributed by atoms with van der Waals surface area (Å²) in [6.45, 7) is 2.29. The summed E-state index contributed by atoms with van der Waals surface area (Å²) in [5.41, 5.74) is 0.735. The van der Waals surface area contributed by atoms with Crippen molar-refractivity contribution < 1.29 is 18.3 Å². The van der Waals surface area contributed by atoms with Gasteiger partial charge >= 0.3 is 0 Å². The number of piperidine rings is 1. The van der Waals surface area contributed by atoms with E-state index in [1.54, 1.807) is 6.07 Å². The molecule has 3 rings (SSSR count). The van der Waals surface area contributed by atoms with E-state index in [9.17, 15) is 8.78 Å². The van der Waals surface area contributed by atoms with Crippen molar-refractivity contribution >= 4 is 0 Å². The number of hydrogen-bond donors (Lipinski definition) is 1. The first-order chi connectivity index (χ1) is 9.17. The molecule has 0 aliphatic carbocycles. The number of ether oxygens (including phenoxy) is 2. The van der Waals surface area contributed by atoms with Crippen molar-refractivity contribution in [2.75, 3.05) is 19.7 Å². The molecule has 2 heterocycles. The Bertz CT molecular complexity index is 461. The van der Waals surface area contributed by atoms with E-state index in [1.165, 1.54) is 6.07 Å². The summed E-state index contributed by atoms with van der Waals surface area (Å²) in [6.07, 6.45) is 2.14. The first-order valence-electron chi connectivity index (χ1n) is 6.63. The van der Waals surface area contributed by atoms with Gasteiger partial charge in [0, 0.05) is 32.4 Å². The summed E-state index contributed by atoms with van der Waals surface area (Å²) in [6, 6.07) is 3.97. The van der Waals surface area contributed by atoms with E-state index in [0.717, 1.165) is 37.6 Å². The van der Waals surface area contributed by atoms with Crippen molar-refractivity contribution in [3.63, 3.8) is 0 Å². The minimum absolute atomic E-state index is 0.0806. The van der Waals surface area contributed by atoms with Crippen LogP contribution in [0.1, 0.15) is 18.4 Å². The van der Waals surface area contributed by atoms with Gasteiger partial charge < -0.3 is 14.8 Å². The van der Waals surface area contributed by atoms with Crippen molar-refractivity contribution in [3.8, 4) is 0 Å². The van der Waals surface area contributed by atoms with Crippen LogP contribution >= 0.6 is 0 Å². The second kappa shape index (κ2) is 5.15. The fourth-order valence-corrected chi connectivity index (χ4v) is 2.72. The zero-order valence-corrected chi connectivity index (χ0v) is 10.6. The lowest BCUT2D eigenvalue weighted by molar-refractivity contribution is -0.182. The van der Waals surface area contributed by atoms with Gasteiger partial charge in [-0.1, -0.05) is 6.07 Å². The van der Waals surface area contributed by atoms with Crippen molar-refractivity contribution in [1.29, 1.82) is 0 Å². The third-order valence-electron chi connectivity index (χ3n) is 3.73. The lowest BCUT2D eigenvalue weighted by atomic mass is 10.1. The third kappa shape index (κ3) is 2.78. The molecule has 1 N–H and O–H groups in total. The molecular formula is C14H17F2NO2. The second-order valence-corrected chi connectivity index (χ2v) is 5.16. The van der Waals surface area contributed by atoms with E-state index in [4.69, 9.17) is 9.47 Å². The maximum absolute atomic E-state index is 13.1. The van der Waals surface area contributed by atoms with Crippen molar-refractivity contribution in [1.82, 2.24) is 5.32 Å². The van der Waals surface area contributed by atoms with Crippen LogP contribution < -0.4 is 5.32 Å². The molecule has 0 saturated carbocycles. The van der Waals surface area contributed by atoms with E-state index in [0.29, 0.717) is 13.0 Å². The van der Waals surface area contributed by atoms with Crippen LogP contribution in [0.15, 0.2) is 18.2 Å². The van der Waals surface area contributed by atoms with E-state index in [1.807, 2.05) is 0 Å². The van der Waals surface area contributed by atoms with Crippen molar-refractivity contribution in [2.24, 2.45) is 0 Å². The summed E-state index contributed by atoms with van der Waals surface area (Å²) in [5.74, 6) is -2.09. The van der Waals surface area contributed by atoms with Gasteiger partial charge in [-0.2, -0.15) is 0 Å². The Labute approximate surface area is 110 Å². The highest BCUT2D eigenvalue weighted by Crippen LogP contribution is 2.33. The number of rotatable bonds is 2. The minimum Gasteiger partial charge on any atom is -0.347 e. The van der Waals surface area contributed by atoms with Gasteiger partial charge in [-0.05, 0) is 17.7 Å². The zero-order chi connectivity index (χ0) is 13.3. The van der Waals surface area contributed by atoms with Gasteiger partial charge in [0.15, 0.2) is 17.4 Å². The smallest absolute Gasteiger partial charge is 0.171 e. The summed E-state index contributed by atoms with van der Waals surface area (Å²) < 4.78 is 37.8. The van der Waals surface area contributed by atoms with Crippen LogP contribution in [0.5, 0.6) is 0 Å². The molecule has 2 aliphatic rings. The van der Waals surface area contributed by atoms with E-state index in [-0.39, 0.29) is 6.10 Å². The molecule has 1 atom stereocenters. The fourth-order valence-electron chi connectivity index (χ4n) is 2.72. The zero-order valence-electron chi connectivity index (χ0n) is 10.6. The van der Waals surface area contributed by atoms with Crippen LogP contribution in [-0.2, 0) is 15.9 Å². The quantitative estimate of drug-likeness (QED) is 0.891. The van der Waals surface area contributed by atoms with Crippen LogP contribution in [0.4, 0.5) is 8.78 Å². The molecule has 1 spiro atoms. The van der Waals surface area contributed by atoms with E-state index < -0.39 is 17.4 Å². The predicted molar refractivity (Wildman–Crippen MR) is 65.7 cm³/mol.